The second-order valence-electron chi connectivity index (χ2n) is 6.84. The van der Waals surface area contributed by atoms with Gasteiger partial charge in [-0.25, -0.2) is 9.59 Å². The minimum Gasteiger partial charge on any atom is -0.465 e. The predicted octanol–water partition coefficient (Wildman–Crippen LogP) is 3.42. The highest BCUT2D eigenvalue weighted by molar-refractivity contribution is 5.92. The zero-order valence-corrected chi connectivity index (χ0v) is 16.0. The van der Waals surface area contributed by atoms with E-state index in [1.54, 1.807) is 24.3 Å². The van der Waals surface area contributed by atoms with Crippen molar-refractivity contribution in [3.05, 3.63) is 60.0 Å². The normalized spacial score (nSPS) is 12.0. The van der Waals surface area contributed by atoms with Crippen LogP contribution in [0.4, 0.5) is 10.5 Å². The van der Waals surface area contributed by atoms with Crippen LogP contribution in [0.5, 0.6) is 0 Å². The number of anilines is 1. The Labute approximate surface area is 162 Å². The Balaban J connectivity index is 1.74. The summed E-state index contributed by atoms with van der Waals surface area (Å²) in [5.74, 6) is 0.605. The van der Waals surface area contributed by atoms with Crippen molar-refractivity contribution in [3.63, 3.8) is 0 Å². The molecule has 146 valence electrons. The number of benzene rings is 1. The minimum atomic E-state index is -0.424. The van der Waals surface area contributed by atoms with Gasteiger partial charge in [-0.05, 0) is 48.7 Å². The Morgan fingerprint density at radius 3 is 2.54 bits per heavy atom. The monoisotopic (exact) mass is 381 g/mol. The summed E-state index contributed by atoms with van der Waals surface area (Å²) in [4.78, 5) is 24.0. The van der Waals surface area contributed by atoms with E-state index in [0.717, 1.165) is 5.65 Å². The number of urea groups is 1. The lowest BCUT2D eigenvalue weighted by Gasteiger charge is -2.19. The molecule has 2 N–H and O–H groups in total. The molecule has 0 spiro atoms. The van der Waals surface area contributed by atoms with Crippen LogP contribution in [0.25, 0.3) is 5.65 Å². The fourth-order valence-corrected chi connectivity index (χ4v) is 2.93. The minimum absolute atomic E-state index is 0.299. The van der Waals surface area contributed by atoms with Crippen LogP contribution >= 0.6 is 0 Å². The first kappa shape index (κ1) is 19.3. The SMILES string of the molecule is COC(=O)c1ccc(NC(=O)N[C@H](CC(C)C)c2nnc3ccccn23)cc1. The molecule has 3 aromatic rings. The summed E-state index contributed by atoms with van der Waals surface area (Å²) in [5.41, 5.74) is 1.72. The Morgan fingerprint density at radius 1 is 1.11 bits per heavy atom. The molecule has 28 heavy (non-hydrogen) atoms. The van der Waals surface area contributed by atoms with Crippen LogP contribution < -0.4 is 10.6 Å². The molecule has 2 heterocycles. The lowest BCUT2D eigenvalue weighted by Crippen LogP contribution is -2.34. The van der Waals surface area contributed by atoms with Gasteiger partial charge < -0.3 is 15.4 Å². The molecule has 3 rings (SSSR count). The van der Waals surface area contributed by atoms with Crippen LogP contribution in [0.15, 0.2) is 48.7 Å². The molecular formula is C20H23N5O3. The number of pyridine rings is 1. The van der Waals surface area contributed by atoms with E-state index in [4.69, 9.17) is 0 Å². The number of esters is 1. The topological polar surface area (TPSA) is 97.6 Å². The van der Waals surface area contributed by atoms with Gasteiger partial charge >= 0.3 is 12.0 Å². The van der Waals surface area contributed by atoms with Gasteiger partial charge in [-0.3, -0.25) is 4.40 Å². The molecule has 0 aliphatic heterocycles. The summed E-state index contributed by atoms with van der Waals surface area (Å²) in [7, 11) is 1.32. The van der Waals surface area contributed by atoms with Gasteiger partial charge in [-0.2, -0.15) is 0 Å². The molecule has 0 bridgehead atoms. The van der Waals surface area contributed by atoms with Gasteiger partial charge in [0.05, 0.1) is 18.7 Å². The number of nitrogens with one attached hydrogen (secondary N) is 2. The molecule has 1 atom stereocenters. The molecule has 1 aromatic carbocycles. The number of hydrogen-bond acceptors (Lipinski definition) is 5. The van der Waals surface area contributed by atoms with Gasteiger partial charge in [0, 0.05) is 11.9 Å². The fourth-order valence-electron chi connectivity index (χ4n) is 2.93. The third kappa shape index (κ3) is 4.46. The molecule has 0 radical (unpaired) electrons. The quantitative estimate of drug-likeness (QED) is 0.638. The molecule has 8 heteroatoms. The van der Waals surface area contributed by atoms with E-state index in [9.17, 15) is 9.59 Å². The second-order valence-corrected chi connectivity index (χ2v) is 6.84. The maximum Gasteiger partial charge on any atom is 0.337 e. The van der Waals surface area contributed by atoms with Crippen LogP contribution in [0.3, 0.4) is 0 Å². The van der Waals surface area contributed by atoms with Crippen molar-refractivity contribution in [2.45, 2.75) is 26.3 Å². The molecule has 0 saturated carbocycles. The van der Waals surface area contributed by atoms with E-state index in [1.165, 1.54) is 7.11 Å². The van der Waals surface area contributed by atoms with Gasteiger partial charge in [0.25, 0.3) is 0 Å². The van der Waals surface area contributed by atoms with Crippen LogP contribution in [-0.2, 0) is 4.74 Å². The van der Waals surface area contributed by atoms with Crippen LogP contribution in [0.1, 0.15) is 42.5 Å². The van der Waals surface area contributed by atoms with Crippen LogP contribution in [0, 0.1) is 5.92 Å². The third-order valence-corrected chi connectivity index (χ3v) is 4.23. The number of ether oxygens (including phenoxy) is 1. The smallest absolute Gasteiger partial charge is 0.337 e. The highest BCUT2D eigenvalue weighted by Crippen LogP contribution is 2.21. The average Bonchev–Trinajstić information content (AvgIpc) is 3.11. The number of carbonyl (C=O) groups excluding carboxylic acids is 2. The molecule has 0 aliphatic carbocycles. The number of hydrogen-bond donors (Lipinski definition) is 2. The molecule has 0 fully saturated rings. The first-order valence-corrected chi connectivity index (χ1v) is 9.03. The molecule has 8 nitrogen and oxygen atoms in total. The largest absolute Gasteiger partial charge is 0.465 e. The Kier molecular flexibility index (Phi) is 5.88. The predicted molar refractivity (Wildman–Crippen MR) is 105 cm³/mol. The average molecular weight is 381 g/mol. The third-order valence-electron chi connectivity index (χ3n) is 4.23. The maximum atomic E-state index is 12.5. The van der Waals surface area contributed by atoms with E-state index in [1.807, 2.05) is 28.8 Å². The summed E-state index contributed by atoms with van der Waals surface area (Å²) in [6.07, 6.45) is 2.59. The zero-order valence-electron chi connectivity index (χ0n) is 16.0. The number of aromatic nitrogens is 3. The molecule has 0 unspecified atom stereocenters. The highest BCUT2D eigenvalue weighted by atomic mass is 16.5. The van der Waals surface area contributed by atoms with Gasteiger partial charge in [-0.1, -0.05) is 19.9 Å². The van der Waals surface area contributed by atoms with E-state index < -0.39 is 5.97 Å². The Morgan fingerprint density at radius 2 is 1.86 bits per heavy atom. The maximum absolute atomic E-state index is 12.5. The summed E-state index contributed by atoms with van der Waals surface area (Å²) in [6, 6.07) is 11.5. The van der Waals surface area contributed by atoms with E-state index in [-0.39, 0.29) is 12.1 Å². The number of fused-ring (bicyclic) bond motifs is 1. The van der Waals surface area contributed by atoms with Gasteiger partial charge in [0.15, 0.2) is 11.5 Å². The van der Waals surface area contributed by atoms with Crippen LogP contribution in [-0.4, -0.2) is 33.7 Å². The first-order chi connectivity index (χ1) is 13.5. The van der Waals surface area contributed by atoms with E-state index in [0.29, 0.717) is 29.4 Å². The van der Waals surface area contributed by atoms with E-state index >= 15 is 0 Å². The summed E-state index contributed by atoms with van der Waals surface area (Å²) < 4.78 is 6.54. The molecule has 0 aliphatic rings. The van der Waals surface area contributed by atoms with Crippen LogP contribution in [0.2, 0.25) is 0 Å². The van der Waals surface area contributed by atoms with Crippen molar-refractivity contribution >= 4 is 23.3 Å². The zero-order chi connectivity index (χ0) is 20.1. The second kappa shape index (κ2) is 8.51. The van der Waals surface area contributed by atoms with E-state index in [2.05, 4.69) is 39.4 Å². The van der Waals surface area contributed by atoms with Crippen molar-refractivity contribution in [1.82, 2.24) is 19.9 Å². The molecule has 2 amide bonds. The summed E-state index contributed by atoms with van der Waals surface area (Å²) in [6.45, 7) is 4.17. The standard InChI is InChI=1S/C20H23N5O3/c1-13(2)12-16(18-24-23-17-6-4-5-11-25(17)18)22-20(27)21-15-9-7-14(8-10-15)19(26)28-3/h4-11,13,16H,12H2,1-3H3,(H2,21,22,27)/t16-/m1/s1. The van der Waals surface area contributed by atoms with Gasteiger partial charge in [0.1, 0.15) is 0 Å². The van der Waals surface area contributed by atoms with Gasteiger partial charge in [-0.15, -0.1) is 10.2 Å². The fraction of sp³-hybridized carbons (Fsp3) is 0.300. The van der Waals surface area contributed by atoms with Crippen molar-refractivity contribution in [2.75, 3.05) is 12.4 Å². The lowest BCUT2D eigenvalue weighted by atomic mass is 10.0. The highest BCUT2D eigenvalue weighted by Gasteiger charge is 2.21. The summed E-state index contributed by atoms with van der Waals surface area (Å²) >= 11 is 0. The lowest BCUT2D eigenvalue weighted by molar-refractivity contribution is 0.0600. The Hall–Kier alpha value is -3.42. The van der Waals surface area contributed by atoms with Crippen molar-refractivity contribution in [3.8, 4) is 0 Å². The Bertz CT molecular complexity index is 965. The van der Waals surface area contributed by atoms with Crippen molar-refractivity contribution in [2.24, 2.45) is 5.92 Å². The number of methoxy groups -OCH3 is 1. The number of amides is 2. The van der Waals surface area contributed by atoms with Gasteiger partial charge in [0.2, 0.25) is 0 Å². The number of carbonyl (C=O) groups is 2. The van der Waals surface area contributed by atoms with Crippen molar-refractivity contribution < 1.29 is 14.3 Å². The molecule has 2 aromatic heterocycles. The summed E-state index contributed by atoms with van der Waals surface area (Å²) in [5, 5.41) is 14.2. The number of rotatable bonds is 6. The number of nitrogens with zero attached hydrogens (tertiary/aromatic N) is 3. The first-order valence-electron chi connectivity index (χ1n) is 9.03. The molecule has 0 saturated heterocycles. The molecular weight excluding hydrogens is 358 g/mol. The van der Waals surface area contributed by atoms with Crippen molar-refractivity contribution in [1.29, 1.82) is 0 Å².